The second-order valence-electron chi connectivity index (χ2n) is 14.1. The van der Waals surface area contributed by atoms with Gasteiger partial charge >= 0.3 is 0 Å². The molecule has 54 heavy (non-hydrogen) atoms. The Bertz CT molecular complexity index is 3030. The van der Waals surface area contributed by atoms with Gasteiger partial charge in [0.2, 0.25) is 0 Å². The average molecular weight is 687 g/mol. The molecule has 0 aliphatic carbocycles. The first-order chi connectivity index (χ1) is 26.7. The Kier molecular flexibility index (Phi) is 7.46. The Morgan fingerprint density at radius 1 is 0.370 bits per heavy atom. The standard InChI is InChI=1S/C52H34N2/c1-34-19-30-49-47(31-34)42-13-9-10-18-48(42)54(49)50-32-40(28-29-41(50)33-53)37-22-20-35(21-23-37)36-24-26-39(27-25-36)52-45-16-7-5-14-43(45)51(38-11-3-2-4-12-38)44-15-6-8-17-46(44)52/h2-32H,1H3. The second-order valence-corrected chi connectivity index (χ2v) is 14.1. The highest BCUT2D eigenvalue weighted by atomic mass is 15.0. The van der Waals surface area contributed by atoms with Crippen molar-refractivity contribution >= 4 is 43.4 Å². The largest absolute Gasteiger partial charge is 0.308 e. The third-order valence-electron chi connectivity index (χ3n) is 10.9. The van der Waals surface area contributed by atoms with E-state index in [9.17, 15) is 5.26 Å². The average Bonchev–Trinajstić information content (AvgIpc) is 3.56. The van der Waals surface area contributed by atoms with E-state index >= 15 is 0 Å². The first-order valence-electron chi connectivity index (χ1n) is 18.4. The summed E-state index contributed by atoms with van der Waals surface area (Å²) in [5.74, 6) is 0. The van der Waals surface area contributed by atoms with Crippen molar-refractivity contribution in [3.8, 4) is 56.3 Å². The van der Waals surface area contributed by atoms with Crippen molar-refractivity contribution in [3.05, 3.63) is 199 Å². The van der Waals surface area contributed by atoms with Crippen molar-refractivity contribution in [2.24, 2.45) is 0 Å². The predicted octanol–water partition coefficient (Wildman–Crippen LogP) is 13.9. The number of aryl methyl sites for hydroxylation is 1. The van der Waals surface area contributed by atoms with Crippen LogP contribution in [0.5, 0.6) is 0 Å². The number of hydrogen-bond acceptors (Lipinski definition) is 1. The van der Waals surface area contributed by atoms with Gasteiger partial charge in [-0.1, -0.05) is 163 Å². The minimum Gasteiger partial charge on any atom is -0.308 e. The van der Waals surface area contributed by atoms with Crippen molar-refractivity contribution in [1.29, 1.82) is 5.26 Å². The zero-order valence-electron chi connectivity index (χ0n) is 29.8. The van der Waals surface area contributed by atoms with Crippen molar-refractivity contribution < 1.29 is 0 Å². The summed E-state index contributed by atoms with van der Waals surface area (Å²) < 4.78 is 2.24. The molecule has 2 heteroatoms. The summed E-state index contributed by atoms with van der Waals surface area (Å²) in [5, 5.41) is 17.6. The Hall–Kier alpha value is -7.21. The number of hydrogen-bond donors (Lipinski definition) is 0. The van der Waals surface area contributed by atoms with Crippen LogP contribution in [0.4, 0.5) is 0 Å². The van der Waals surface area contributed by atoms with Gasteiger partial charge in [-0.2, -0.15) is 5.26 Å². The Labute approximate surface area is 314 Å². The zero-order valence-corrected chi connectivity index (χ0v) is 29.8. The molecule has 2 nitrogen and oxygen atoms in total. The molecule has 0 saturated carbocycles. The van der Waals surface area contributed by atoms with E-state index in [1.54, 1.807) is 0 Å². The number of rotatable bonds is 5. The van der Waals surface area contributed by atoms with E-state index in [1.807, 2.05) is 6.07 Å². The van der Waals surface area contributed by atoms with E-state index < -0.39 is 0 Å². The maximum absolute atomic E-state index is 10.2. The molecule has 0 N–H and O–H groups in total. The van der Waals surface area contributed by atoms with Crippen LogP contribution >= 0.6 is 0 Å². The maximum atomic E-state index is 10.2. The minimum atomic E-state index is 0.647. The lowest BCUT2D eigenvalue weighted by Gasteiger charge is -2.18. The lowest BCUT2D eigenvalue weighted by molar-refractivity contribution is 1.17. The van der Waals surface area contributed by atoms with Crippen LogP contribution in [0.25, 0.3) is 93.5 Å². The number of nitriles is 1. The summed E-state index contributed by atoms with van der Waals surface area (Å²) in [4.78, 5) is 0. The van der Waals surface area contributed by atoms with Gasteiger partial charge in [-0.15, -0.1) is 0 Å². The molecule has 0 spiro atoms. The Balaban J connectivity index is 1.02. The molecule has 1 heterocycles. The predicted molar refractivity (Wildman–Crippen MR) is 227 cm³/mol. The topological polar surface area (TPSA) is 28.7 Å². The highest BCUT2D eigenvalue weighted by molar-refractivity contribution is 6.21. The molecule has 0 unspecified atom stereocenters. The van der Waals surface area contributed by atoms with Crippen molar-refractivity contribution in [3.63, 3.8) is 0 Å². The molecule has 0 radical (unpaired) electrons. The van der Waals surface area contributed by atoms with E-state index in [4.69, 9.17) is 0 Å². The molecule has 10 rings (SSSR count). The number of benzene rings is 9. The molecule has 0 saturated heterocycles. The van der Waals surface area contributed by atoms with Gasteiger partial charge in [-0.3, -0.25) is 0 Å². The van der Waals surface area contributed by atoms with Crippen molar-refractivity contribution in [1.82, 2.24) is 4.57 Å². The molecule has 252 valence electrons. The second kappa shape index (κ2) is 12.8. The quantitative estimate of drug-likeness (QED) is 0.166. The summed E-state index contributed by atoms with van der Waals surface area (Å²) in [6, 6.07) is 69.7. The van der Waals surface area contributed by atoms with E-state index in [2.05, 4.69) is 200 Å². The van der Waals surface area contributed by atoms with Crippen LogP contribution in [0, 0.1) is 18.3 Å². The fourth-order valence-electron chi connectivity index (χ4n) is 8.38. The van der Waals surface area contributed by atoms with E-state index in [0.717, 1.165) is 33.4 Å². The molecule has 10 aromatic rings. The molecule has 0 bridgehead atoms. The van der Waals surface area contributed by atoms with Crippen molar-refractivity contribution in [2.45, 2.75) is 6.92 Å². The molecule has 0 atom stereocenters. The number of fused-ring (bicyclic) bond motifs is 5. The third-order valence-corrected chi connectivity index (χ3v) is 10.9. The van der Waals surface area contributed by atoms with Crippen LogP contribution in [0.15, 0.2) is 188 Å². The summed E-state index contributed by atoms with van der Waals surface area (Å²) in [5.41, 5.74) is 14.4. The maximum Gasteiger partial charge on any atom is 0.101 e. The van der Waals surface area contributed by atoms with Gasteiger partial charge in [-0.05, 0) is 103 Å². The number of nitrogens with zero attached hydrogens (tertiary/aromatic N) is 2. The normalized spacial score (nSPS) is 11.4. The van der Waals surface area contributed by atoms with Gasteiger partial charge < -0.3 is 4.57 Å². The fraction of sp³-hybridized carbons (Fsp3) is 0.0192. The summed E-state index contributed by atoms with van der Waals surface area (Å²) in [7, 11) is 0. The van der Waals surface area contributed by atoms with Gasteiger partial charge in [0, 0.05) is 10.8 Å². The molecule has 0 aliphatic heterocycles. The highest BCUT2D eigenvalue weighted by Crippen LogP contribution is 2.44. The van der Waals surface area contributed by atoms with Crippen molar-refractivity contribution in [2.75, 3.05) is 0 Å². The SMILES string of the molecule is Cc1ccc2c(c1)c1ccccc1n2-c1cc(-c2ccc(-c3ccc(-c4c5ccccc5c(-c5ccccc5)c5ccccc45)cc3)cc2)ccc1C#N. The van der Waals surface area contributed by atoms with Crippen LogP contribution in [-0.2, 0) is 0 Å². The van der Waals surface area contributed by atoms with Gasteiger partial charge in [0.15, 0.2) is 0 Å². The first-order valence-corrected chi connectivity index (χ1v) is 18.4. The molecular formula is C52H34N2. The first kappa shape index (κ1) is 31.5. The van der Waals surface area contributed by atoms with Gasteiger partial charge in [0.1, 0.15) is 6.07 Å². The molecule has 0 aliphatic rings. The number of para-hydroxylation sites is 1. The molecule has 9 aromatic carbocycles. The fourth-order valence-corrected chi connectivity index (χ4v) is 8.38. The van der Waals surface area contributed by atoms with Crippen LogP contribution in [0.2, 0.25) is 0 Å². The zero-order chi connectivity index (χ0) is 36.2. The lowest BCUT2D eigenvalue weighted by atomic mass is 9.86. The summed E-state index contributed by atoms with van der Waals surface area (Å²) in [6.07, 6.45) is 0. The number of aromatic nitrogens is 1. The monoisotopic (exact) mass is 686 g/mol. The van der Waals surface area contributed by atoms with Crippen LogP contribution in [0.3, 0.4) is 0 Å². The van der Waals surface area contributed by atoms with E-state index in [0.29, 0.717) is 5.56 Å². The molecule has 1 aromatic heterocycles. The highest BCUT2D eigenvalue weighted by Gasteiger charge is 2.18. The van der Waals surface area contributed by atoms with Gasteiger partial charge in [0.25, 0.3) is 0 Å². The Morgan fingerprint density at radius 3 is 1.39 bits per heavy atom. The van der Waals surface area contributed by atoms with Gasteiger partial charge in [0.05, 0.1) is 22.3 Å². The van der Waals surface area contributed by atoms with Crippen LogP contribution < -0.4 is 0 Å². The van der Waals surface area contributed by atoms with Crippen LogP contribution in [0.1, 0.15) is 11.1 Å². The summed E-state index contributed by atoms with van der Waals surface area (Å²) in [6.45, 7) is 2.12. The molecule has 0 fully saturated rings. The van der Waals surface area contributed by atoms with Gasteiger partial charge in [-0.25, -0.2) is 0 Å². The third kappa shape index (κ3) is 5.10. The smallest absolute Gasteiger partial charge is 0.101 e. The molecule has 0 amide bonds. The lowest BCUT2D eigenvalue weighted by Crippen LogP contribution is -1.98. The van der Waals surface area contributed by atoms with E-state index in [1.165, 1.54) is 65.7 Å². The van der Waals surface area contributed by atoms with E-state index in [-0.39, 0.29) is 0 Å². The Morgan fingerprint density at radius 2 is 0.815 bits per heavy atom. The molecular weight excluding hydrogens is 653 g/mol. The summed E-state index contributed by atoms with van der Waals surface area (Å²) >= 11 is 0. The van der Waals surface area contributed by atoms with Crippen LogP contribution in [-0.4, -0.2) is 4.57 Å². The minimum absolute atomic E-state index is 0.647.